The molecule has 2 rings (SSSR count). The van der Waals surface area contributed by atoms with Gasteiger partial charge in [0.2, 0.25) is 0 Å². The number of fused-ring (bicyclic) bond motifs is 2. The number of hydrogen-bond acceptors (Lipinski definition) is 2. The van der Waals surface area contributed by atoms with E-state index in [-0.39, 0.29) is 11.7 Å². The van der Waals surface area contributed by atoms with E-state index in [1.165, 1.54) is 6.08 Å². The van der Waals surface area contributed by atoms with Gasteiger partial charge in [-0.25, -0.2) is 0 Å². The van der Waals surface area contributed by atoms with Gasteiger partial charge in [0.05, 0.1) is 0 Å². The van der Waals surface area contributed by atoms with Crippen molar-refractivity contribution in [3.63, 3.8) is 0 Å². The first kappa shape index (κ1) is 9.77. The molecule has 0 saturated carbocycles. The highest BCUT2D eigenvalue weighted by Crippen LogP contribution is 2.23. The van der Waals surface area contributed by atoms with Crippen LogP contribution in [0.25, 0.3) is 0 Å². The van der Waals surface area contributed by atoms with Gasteiger partial charge in [-0.05, 0) is 30.2 Å². The first-order valence-corrected chi connectivity index (χ1v) is 4.84. The lowest BCUT2D eigenvalue weighted by atomic mass is 9.86. The summed E-state index contributed by atoms with van der Waals surface area (Å²) in [6.07, 6.45) is 5.02. The van der Waals surface area contributed by atoms with Crippen LogP contribution < -0.4 is 0 Å². The average Bonchev–Trinajstić information content (AvgIpc) is 2.21. The Morgan fingerprint density at radius 1 is 1.20 bits per heavy atom. The fourth-order valence-electron chi connectivity index (χ4n) is 1.69. The zero-order valence-electron chi connectivity index (χ0n) is 8.16. The lowest BCUT2D eigenvalue weighted by Crippen LogP contribution is -2.19. The number of hydrogen-bond donors (Lipinski definition) is 1. The summed E-state index contributed by atoms with van der Waals surface area (Å²) in [5, 5.41) is 9.68. The molecule has 0 spiro atoms. The molecule has 2 bridgehead atoms. The first-order valence-electron chi connectivity index (χ1n) is 4.84. The lowest BCUT2D eigenvalue weighted by Gasteiger charge is -2.19. The second-order valence-corrected chi connectivity index (χ2v) is 3.60. The van der Waals surface area contributed by atoms with E-state index in [9.17, 15) is 9.90 Å². The summed E-state index contributed by atoms with van der Waals surface area (Å²) in [5.41, 5.74) is 0.688. The van der Waals surface area contributed by atoms with Crippen LogP contribution in [-0.4, -0.2) is 17.0 Å². The van der Waals surface area contributed by atoms with Gasteiger partial charge in [0.1, 0.15) is 6.10 Å². The fraction of sp³-hybridized carbons (Fsp3) is 0.308. The summed E-state index contributed by atoms with van der Waals surface area (Å²) >= 11 is 0. The molecule has 0 heterocycles. The van der Waals surface area contributed by atoms with Crippen LogP contribution in [0, 0.1) is 29.6 Å². The highest BCUT2D eigenvalue weighted by Gasteiger charge is 2.22. The Morgan fingerprint density at radius 3 is 2.73 bits per heavy atom. The van der Waals surface area contributed by atoms with Gasteiger partial charge >= 0.3 is 0 Å². The summed E-state index contributed by atoms with van der Waals surface area (Å²) in [6.45, 7) is 0. The molecule has 1 N–H and O–H groups in total. The fourth-order valence-corrected chi connectivity index (χ4v) is 1.69. The van der Waals surface area contributed by atoms with E-state index >= 15 is 0 Å². The average molecular weight is 198 g/mol. The van der Waals surface area contributed by atoms with E-state index in [1.54, 1.807) is 12.2 Å². The largest absolute Gasteiger partial charge is 0.376 e. The maximum atomic E-state index is 11.4. The highest BCUT2D eigenvalue weighted by molar-refractivity contribution is 5.92. The van der Waals surface area contributed by atoms with Crippen molar-refractivity contribution in [3.8, 4) is 23.7 Å². The van der Waals surface area contributed by atoms with Crippen molar-refractivity contribution in [3.05, 3.63) is 23.8 Å². The molecule has 74 valence electrons. The smallest absolute Gasteiger partial charge is 0.157 e. The molecule has 2 aliphatic carbocycles. The zero-order chi connectivity index (χ0) is 10.7. The van der Waals surface area contributed by atoms with Crippen molar-refractivity contribution < 1.29 is 9.90 Å². The van der Waals surface area contributed by atoms with E-state index in [1.807, 2.05) is 0 Å². The van der Waals surface area contributed by atoms with E-state index in [2.05, 4.69) is 23.7 Å². The SMILES string of the molecule is O=C1C=C2CC(C#CC=CC#CC2O)C1. The van der Waals surface area contributed by atoms with Crippen molar-refractivity contribution in [1.82, 2.24) is 0 Å². The van der Waals surface area contributed by atoms with Crippen LogP contribution in [0.1, 0.15) is 12.8 Å². The molecular formula is C13H10O2. The van der Waals surface area contributed by atoms with Crippen LogP contribution in [-0.2, 0) is 4.79 Å². The summed E-state index contributed by atoms with van der Waals surface area (Å²) in [7, 11) is 0. The number of carbonyl (C=O) groups is 1. The van der Waals surface area contributed by atoms with Gasteiger partial charge in [-0.2, -0.15) is 0 Å². The van der Waals surface area contributed by atoms with E-state index in [4.69, 9.17) is 0 Å². The molecule has 2 atom stereocenters. The number of ketones is 1. The normalized spacial score (nSPS) is 28.1. The van der Waals surface area contributed by atoms with Crippen LogP contribution in [0.5, 0.6) is 0 Å². The third kappa shape index (κ3) is 2.37. The zero-order valence-corrected chi connectivity index (χ0v) is 8.16. The molecule has 2 nitrogen and oxygen atoms in total. The van der Waals surface area contributed by atoms with Crippen LogP contribution >= 0.6 is 0 Å². The van der Waals surface area contributed by atoms with Gasteiger partial charge in [-0.1, -0.05) is 23.7 Å². The standard InChI is InChI=1S/C13H10O2/c14-12-8-10-5-3-1-2-4-6-13(15)11(7-10)9-12/h1-2,9-10,13,15H,7-8H2. The van der Waals surface area contributed by atoms with Gasteiger partial charge in [0, 0.05) is 12.3 Å². The topological polar surface area (TPSA) is 37.3 Å². The molecule has 2 aliphatic rings. The highest BCUT2D eigenvalue weighted by atomic mass is 16.3. The lowest BCUT2D eigenvalue weighted by molar-refractivity contribution is -0.115. The van der Waals surface area contributed by atoms with E-state index in [0.29, 0.717) is 18.4 Å². The Labute approximate surface area is 88.7 Å². The minimum absolute atomic E-state index is 0.0247. The monoisotopic (exact) mass is 198 g/mol. The van der Waals surface area contributed by atoms with Crippen LogP contribution in [0.4, 0.5) is 0 Å². The van der Waals surface area contributed by atoms with Crippen molar-refractivity contribution >= 4 is 5.78 Å². The Bertz CT molecular complexity index is 460. The van der Waals surface area contributed by atoms with E-state index in [0.717, 1.165) is 0 Å². The summed E-state index contributed by atoms with van der Waals surface area (Å²) in [5.74, 6) is 11.2. The minimum atomic E-state index is -0.832. The summed E-state index contributed by atoms with van der Waals surface area (Å²) < 4.78 is 0. The Morgan fingerprint density at radius 2 is 1.93 bits per heavy atom. The number of rotatable bonds is 0. The minimum Gasteiger partial charge on any atom is -0.376 e. The van der Waals surface area contributed by atoms with Crippen molar-refractivity contribution in [2.24, 2.45) is 5.92 Å². The quantitative estimate of drug-likeness (QED) is 0.585. The van der Waals surface area contributed by atoms with Gasteiger partial charge in [-0.15, -0.1) is 0 Å². The molecular weight excluding hydrogens is 188 g/mol. The Hall–Kier alpha value is -1.77. The molecule has 0 fully saturated rings. The second kappa shape index (κ2) is 4.17. The third-order valence-electron chi connectivity index (χ3n) is 2.38. The molecule has 0 radical (unpaired) electrons. The van der Waals surface area contributed by atoms with Crippen LogP contribution in [0.2, 0.25) is 0 Å². The summed E-state index contributed by atoms with van der Waals surface area (Å²) in [6, 6.07) is 0. The third-order valence-corrected chi connectivity index (χ3v) is 2.38. The number of aliphatic hydroxyl groups is 1. The molecule has 15 heavy (non-hydrogen) atoms. The molecule has 2 heteroatoms. The molecule has 0 aliphatic heterocycles. The molecule has 0 saturated heterocycles. The Balaban J connectivity index is 2.38. The number of aliphatic hydroxyl groups excluding tert-OH is 1. The van der Waals surface area contributed by atoms with Gasteiger partial charge < -0.3 is 5.11 Å². The van der Waals surface area contributed by atoms with Crippen molar-refractivity contribution in [2.45, 2.75) is 18.9 Å². The molecule has 2 unspecified atom stereocenters. The molecule has 0 amide bonds. The van der Waals surface area contributed by atoms with Crippen molar-refractivity contribution in [1.29, 1.82) is 0 Å². The van der Waals surface area contributed by atoms with E-state index < -0.39 is 6.10 Å². The Kier molecular flexibility index (Phi) is 2.72. The van der Waals surface area contributed by atoms with Crippen LogP contribution in [0.15, 0.2) is 23.8 Å². The maximum Gasteiger partial charge on any atom is 0.157 e. The van der Waals surface area contributed by atoms with Crippen LogP contribution in [0.3, 0.4) is 0 Å². The predicted molar refractivity (Wildman–Crippen MR) is 56.5 cm³/mol. The molecule has 0 aromatic rings. The van der Waals surface area contributed by atoms with Crippen molar-refractivity contribution in [2.75, 3.05) is 0 Å². The van der Waals surface area contributed by atoms with Gasteiger partial charge in [-0.3, -0.25) is 4.79 Å². The number of allylic oxidation sites excluding steroid dienone is 3. The summed E-state index contributed by atoms with van der Waals surface area (Å²) in [4.78, 5) is 11.4. The number of carbonyl (C=O) groups excluding carboxylic acids is 1. The molecule has 0 aromatic carbocycles. The predicted octanol–water partition coefficient (Wildman–Crippen LogP) is 0.829. The molecule has 0 aromatic heterocycles. The second-order valence-electron chi connectivity index (χ2n) is 3.60. The van der Waals surface area contributed by atoms with Gasteiger partial charge in [0.25, 0.3) is 0 Å². The maximum absolute atomic E-state index is 11.4. The first-order chi connectivity index (χ1) is 7.25. The van der Waals surface area contributed by atoms with Gasteiger partial charge in [0.15, 0.2) is 5.78 Å².